The van der Waals surface area contributed by atoms with Gasteiger partial charge in [-0.25, -0.2) is 4.98 Å². The summed E-state index contributed by atoms with van der Waals surface area (Å²) in [6.07, 6.45) is 1.94. The van der Waals surface area contributed by atoms with E-state index in [4.69, 9.17) is 0 Å². The minimum Gasteiger partial charge on any atom is -0.327 e. The van der Waals surface area contributed by atoms with Crippen LogP contribution in [0.1, 0.15) is 26.8 Å². The van der Waals surface area contributed by atoms with Gasteiger partial charge in [-0.3, -0.25) is 0 Å². The average Bonchev–Trinajstić information content (AvgIpc) is 2.60. The predicted octanol–water partition coefficient (Wildman–Crippen LogP) is 3.25. The van der Waals surface area contributed by atoms with Gasteiger partial charge in [-0.15, -0.1) is 0 Å². The molecule has 2 rings (SSSR count). The molecule has 74 valence electrons. The number of fused-ring (bicyclic) bond motifs is 1. The Kier molecular flexibility index (Phi) is 2.28. The summed E-state index contributed by atoms with van der Waals surface area (Å²) >= 11 is 0. The molecule has 0 aliphatic carbocycles. The van der Waals surface area contributed by atoms with Crippen LogP contribution < -0.4 is 0 Å². The van der Waals surface area contributed by atoms with Crippen LogP contribution in [0.25, 0.3) is 11.0 Å². The fraction of sp³-hybridized carbons (Fsp3) is 0.417. The van der Waals surface area contributed by atoms with Crippen LogP contribution >= 0.6 is 0 Å². The summed E-state index contributed by atoms with van der Waals surface area (Å²) in [4.78, 5) is 4.39. The van der Waals surface area contributed by atoms with E-state index in [0.717, 1.165) is 5.52 Å². The zero-order valence-electron chi connectivity index (χ0n) is 8.94. The fourth-order valence-corrected chi connectivity index (χ4v) is 1.62. The van der Waals surface area contributed by atoms with E-state index >= 15 is 0 Å². The van der Waals surface area contributed by atoms with Gasteiger partial charge in [0.2, 0.25) is 0 Å². The highest BCUT2D eigenvalue weighted by Crippen LogP contribution is 2.22. The third-order valence-corrected chi connectivity index (χ3v) is 2.88. The second-order valence-electron chi connectivity index (χ2n) is 4.13. The van der Waals surface area contributed by atoms with Crippen molar-refractivity contribution in [3.8, 4) is 0 Å². The molecule has 0 amide bonds. The van der Waals surface area contributed by atoms with Crippen LogP contribution in [-0.2, 0) is 0 Å². The minimum absolute atomic E-state index is 0.502. The lowest BCUT2D eigenvalue weighted by molar-refractivity contribution is 0.416. The molecule has 0 aliphatic heterocycles. The average molecular weight is 188 g/mol. The molecule has 1 heterocycles. The van der Waals surface area contributed by atoms with E-state index in [1.165, 1.54) is 5.52 Å². The number of benzene rings is 1. The lowest BCUT2D eigenvalue weighted by Crippen LogP contribution is -2.09. The smallest absolute Gasteiger partial charge is 0.0960 e. The van der Waals surface area contributed by atoms with Crippen molar-refractivity contribution in [1.82, 2.24) is 9.55 Å². The van der Waals surface area contributed by atoms with Gasteiger partial charge < -0.3 is 4.57 Å². The number of imidazole rings is 1. The second-order valence-corrected chi connectivity index (χ2v) is 4.13. The van der Waals surface area contributed by atoms with E-state index in [1.807, 2.05) is 12.4 Å². The molecule has 0 saturated heterocycles. The molecule has 1 atom stereocenters. The Morgan fingerprint density at radius 1 is 1.14 bits per heavy atom. The largest absolute Gasteiger partial charge is 0.327 e. The van der Waals surface area contributed by atoms with Crippen LogP contribution in [0.2, 0.25) is 0 Å². The zero-order chi connectivity index (χ0) is 10.1. The summed E-state index contributed by atoms with van der Waals surface area (Å²) in [5, 5.41) is 0. The van der Waals surface area contributed by atoms with Crippen LogP contribution in [-0.4, -0.2) is 9.55 Å². The number of hydrogen-bond acceptors (Lipinski definition) is 1. The van der Waals surface area contributed by atoms with Gasteiger partial charge in [-0.2, -0.15) is 0 Å². The summed E-state index contributed by atoms with van der Waals surface area (Å²) in [6, 6.07) is 8.77. The first kappa shape index (κ1) is 9.25. The van der Waals surface area contributed by atoms with Crippen molar-refractivity contribution in [2.45, 2.75) is 26.8 Å². The van der Waals surface area contributed by atoms with Crippen LogP contribution in [0.4, 0.5) is 0 Å². The number of nitrogens with zero attached hydrogens (tertiary/aromatic N) is 2. The van der Waals surface area contributed by atoms with Crippen LogP contribution in [0.15, 0.2) is 30.6 Å². The fourth-order valence-electron chi connectivity index (χ4n) is 1.62. The molecule has 0 radical (unpaired) electrons. The van der Waals surface area contributed by atoms with Crippen LogP contribution in [0.3, 0.4) is 0 Å². The first-order chi connectivity index (χ1) is 6.70. The van der Waals surface area contributed by atoms with E-state index in [9.17, 15) is 0 Å². The highest BCUT2D eigenvalue weighted by molar-refractivity contribution is 5.75. The Labute approximate surface area is 84.6 Å². The molecule has 2 heteroatoms. The monoisotopic (exact) mass is 188 g/mol. The van der Waals surface area contributed by atoms with Gasteiger partial charge in [0, 0.05) is 6.04 Å². The van der Waals surface area contributed by atoms with Gasteiger partial charge in [0.25, 0.3) is 0 Å². The van der Waals surface area contributed by atoms with E-state index in [-0.39, 0.29) is 0 Å². The van der Waals surface area contributed by atoms with Crippen molar-refractivity contribution in [2.24, 2.45) is 5.92 Å². The van der Waals surface area contributed by atoms with Crippen molar-refractivity contribution >= 4 is 11.0 Å². The number of hydrogen-bond donors (Lipinski definition) is 0. The van der Waals surface area contributed by atoms with Crippen molar-refractivity contribution in [3.05, 3.63) is 30.6 Å². The standard InChI is InChI=1S/C12H16N2/c1-9(2)10(3)14-8-13-11-6-4-5-7-12(11)14/h4-10H,1-3H3. The molecule has 0 aliphatic rings. The second kappa shape index (κ2) is 3.45. The van der Waals surface area contributed by atoms with Gasteiger partial charge in [0.15, 0.2) is 0 Å². The molecule has 2 nitrogen and oxygen atoms in total. The summed E-state index contributed by atoms with van der Waals surface area (Å²) in [5.74, 6) is 0.632. The molecule has 0 saturated carbocycles. The molecule has 1 unspecified atom stereocenters. The molecule has 0 fully saturated rings. The molecular formula is C12H16N2. The Morgan fingerprint density at radius 3 is 2.57 bits per heavy atom. The number of rotatable bonds is 2. The lowest BCUT2D eigenvalue weighted by Gasteiger charge is -2.17. The summed E-state index contributed by atoms with van der Waals surface area (Å²) in [7, 11) is 0. The highest BCUT2D eigenvalue weighted by Gasteiger charge is 2.11. The van der Waals surface area contributed by atoms with Gasteiger partial charge in [-0.1, -0.05) is 26.0 Å². The molecule has 2 aromatic rings. The molecule has 0 spiro atoms. The Hall–Kier alpha value is -1.31. The third-order valence-electron chi connectivity index (χ3n) is 2.88. The molecule has 0 bridgehead atoms. The topological polar surface area (TPSA) is 17.8 Å². The Morgan fingerprint density at radius 2 is 1.86 bits per heavy atom. The highest BCUT2D eigenvalue weighted by atomic mass is 15.1. The maximum absolute atomic E-state index is 4.39. The lowest BCUT2D eigenvalue weighted by atomic mass is 10.1. The number of para-hydroxylation sites is 2. The first-order valence-corrected chi connectivity index (χ1v) is 5.11. The van der Waals surface area contributed by atoms with Gasteiger partial charge >= 0.3 is 0 Å². The third kappa shape index (κ3) is 1.41. The van der Waals surface area contributed by atoms with E-state index < -0.39 is 0 Å². The SMILES string of the molecule is CC(C)C(C)n1cnc2ccccc21. The molecular weight excluding hydrogens is 172 g/mol. The van der Waals surface area contributed by atoms with E-state index in [1.54, 1.807) is 0 Å². The summed E-state index contributed by atoms with van der Waals surface area (Å²) in [5.41, 5.74) is 2.31. The summed E-state index contributed by atoms with van der Waals surface area (Å²) in [6.45, 7) is 6.71. The van der Waals surface area contributed by atoms with Gasteiger partial charge in [-0.05, 0) is 25.0 Å². The molecule has 1 aromatic heterocycles. The molecule has 1 aromatic carbocycles. The van der Waals surface area contributed by atoms with Crippen LogP contribution in [0.5, 0.6) is 0 Å². The number of aromatic nitrogens is 2. The van der Waals surface area contributed by atoms with Crippen molar-refractivity contribution < 1.29 is 0 Å². The van der Waals surface area contributed by atoms with Crippen molar-refractivity contribution in [2.75, 3.05) is 0 Å². The van der Waals surface area contributed by atoms with Crippen molar-refractivity contribution in [1.29, 1.82) is 0 Å². The van der Waals surface area contributed by atoms with Crippen LogP contribution in [0, 0.1) is 5.92 Å². The maximum Gasteiger partial charge on any atom is 0.0960 e. The zero-order valence-corrected chi connectivity index (χ0v) is 8.94. The van der Waals surface area contributed by atoms with E-state index in [0.29, 0.717) is 12.0 Å². The Balaban J connectivity index is 2.53. The Bertz CT molecular complexity index is 429. The van der Waals surface area contributed by atoms with Gasteiger partial charge in [0.1, 0.15) is 0 Å². The predicted molar refractivity (Wildman–Crippen MR) is 59.3 cm³/mol. The normalized spacial score (nSPS) is 13.7. The van der Waals surface area contributed by atoms with Crippen molar-refractivity contribution in [3.63, 3.8) is 0 Å². The first-order valence-electron chi connectivity index (χ1n) is 5.11. The van der Waals surface area contributed by atoms with E-state index in [2.05, 4.69) is 48.5 Å². The molecule has 0 N–H and O–H groups in total. The summed E-state index contributed by atoms with van der Waals surface area (Å²) < 4.78 is 2.25. The van der Waals surface area contributed by atoms with Gasteiger partial charge in [0.05, 0.1) is 17.4 Å². The maximum atomic E-state index is 4.39. The minimum atomic E-state index is 0.502. The quantitative estimate of drug-likeness (QED) is 0.707. The molecule has 14 heavy (non-hydrogen) atoms.